The Balaban J connectivity index is 1.76. The molecule has 1 amide bonds. The van der Waals surface area contributed by atoms with E-state index in [0.717, 1.165) is 12.0 Å². The topological polar surface area (TPSA) is 66.8 Å². The number of carboxylic acid groups (broad SMARTS) is 1. The molecule has 1 aromatic carbocycles. The summed E-state index contributed by atoms with van der Waals surface area (Å²) in [6, 6.07) is 9.67. The first-order chi connectivity index (χ1) is 10.6. The Labute approximate surface area is 129 Å². The highest BCUT2D eigenvalue weighted by atomic mass is 16.5. The normalized spacial score (nSPS) is 23.6. The molecule has 22 heavy (non-hydrogen) atoms. The van der Waals surface area contributed by atoms with Crippen LogP contribution in [0, 0.1) is 5.41 Å². The molecular weight excluding hydrogens is 282 g/mol. The van der Waals surface area contributed by atoms with E-state index in [-0.39, 0.29) is 18.4 Å². The third kappa shape index (κ3) is 2.73. The van der Waals surface area contributed by atoms with Crippen LogP contribution in [0.15, 0.2) is 30.3 Å². The predicted molar refractivity (Wildman–Crippen MR) is 80.3 cm³/mol. The van der Waals surface area contributed by atoms with Gasteiger partial charge >= 0.3 is 5.97 Å². The fourth-order valence-electron chi connectivity index (χ4n) is 3.31. The number of hydrogen-bond donors (Lipinski definition) is 1. The number of carboxylic acids is 1. The van der Waals surface area contributed by atoms with Gasteiger partial charge in [-0.1, -0.05) is 36.8 Å². The van der Waals surface area contributed by atoms with Crippen LogP contribution in [0.4, 0.5) is 0 Å². The van der Waals surface area contributed by atoms with Gasteiger partial charge in [0, 0.05) is 13.0 Å². The number of carbonyl (C=O) groups is 2. The molecule has 5 nitrogen and oxygen atoms in total. The second kappa shape index (κ2) is 6.08. The number of aliphatic carboxylic acids is 1. The average Bonchev–Trinajstić information content (AvgIpc) is 2.51. The first kappa shape index (κ1) is 15.0. The molecule has 0 bridgehead atoms. The molecule has 2 aliphatic rings. The molecule has 1 N–H and O–H groups in total. The second-order valence-electron chi connectivity index (χ2n) is 6.20. The molecule has 1 saturated carbocycles. The summed E-state index contributed by atoms with van der Waals surface area (Å²) in [5.41, 5.74) is 0.199. The summed E-state index contributed by atoms with van der Waals surface area (Å²) in [5.74, 6) is -0.907. The molecule has 118 valence electrons. The Kier molecular flexibility index (Phi) is 4.16. The van der Waals surface area contributed by atoms with Crippen LogP contribution in [0.3, 0.4) is 0 Å². The Morgan fingerprint density at radius 2 is 2.00 bits per heavy atom. The number of benzene rings is 1. The summed E-state index contributed by atoms with van der Waals surface area (Å²) in [5, 5.41) is 9.42. The summed E-state index contributed by atoms with van der Waals surface area (Å²) in [4.78, 5) is 26.0. The highest BCUT2D eigenvalue weighted by Crippen LogP contribution is 2.45. The fourth-order valence-corrected chi connectivity index (χ4v) is 3.31. The highest BCUT2D eigenvalue weighted by Gasteiger charge is 2.47. The van der Waals surface area contributed by atoms with Gasteiger partial charge in [-0.3, -0.25) is 9.59 Å². The lowest BCUT2D eigenvalue weighted by molar-refractivity contribution is -0.161. The van der Waals surface area contributed by atoms with Crippen LogP contribution in [0.2, 0.25) is 0 Å². The number of nitrogens with zero attached hydrogens (tertiary/aromatic N) is 1. The number of carbonyl (C=O) groups excluding carboxylic acids is 1. The van der Waals surface area contributed by atoms with Crippen molar-refractivity contribution >= 4 is 11.9 Å². The summed E-state index contributed by atoms with van der Waals surface area (Å²) < 4.78 is 5.52. The molecule has 1 atom stereocenters. The van der Waals surface area contributed by atoms with E-state index in [2.05, 4.69) is 0 Å². The van der Waals surface area contributed by atoms with Crippen LogP contribution >= 0.6 is 0 Å². The quantitative estimate of drug-likeness (QED) is 0.926. The third-order valence-corrected chi connectivity index (χ3v) is 4.89. The van der Waals surface area contributed by atoms with Crippen LogP contribution in [0.25, 0.3) is 0 Å². The Bertz CT molecular complexity index is 553. The SMILES string of the molecule is O=C(CC1(C(=O)O)CCC1)N1CCOCC1c1ccccc1. The molecule has 1 aliphatic carbocycles. The predicted octanol–water partition coefficient (Wildman–Crippen LogP) is 2.23. The van der Waals surface area contributed by atoms with Crippen molar-refractivity contribution in [3.05, 3.63) is 35.9 Å². The van der Waals surface area contributed by atoms with Gasteiger partial charge in [0.2, 0.25) is 5.91 Å². The van der Waals surface area contributed by atoms with E-state index < -0.39 is 11.4 Å². The maximum Gasteiger partial charge on any atom is 0.310 e. The van der Waals surface area contributed by atoms with E-state index in [1.165, 1.54) is 0 Å². The lowest BCUT2D eigenvalue weighted by Gasteiger charge is -2.41. The fraction of sp³-hybridized carbons (Fsp3) is 0.529. The van der Waals surface area contributed by atoms with E-state index >= 15 is 0 Å². The molecule has 1 heterocycles. The van der Waals surface area contributed by atoms with Gasteiger partial charge in [0.15, 0.2) is 0 Å². The van der Waals surface area contributed by atoms with E-state index in [9.17, 15) is 14.7 Å². The lowest BCUT2D eigenvalue weighted by Crippen LogP contribution is -2.48. The third-order valence-electron chi connectivity index (χ3n) is 4.89. The van der Waals surface area contributed by atoms with Gasteiger partial charge in [-0.05, 0) is 18.4 Å². The molecule has 1 aliphatic heterocycles. The summed E-state index contributed by atoms with van der Waals surface area (Å²) >= 11 is 0. The van der Waals surface area contributed by atoms with Crippen molar-refractivity contribution in [2.45, 2.75) is 31.7 Å². The molecule has 0 radical (unpaired) electrons. The number of ether oxygens (including phenoxy) is 1. The van der Waals surface area contributed by atoms with Crippen LogP contribution in [0.5, 0.6) is 0 Å². The second-order valence-corrected chi connectivity index (χ2v) is 6.20. The molecule has 1 saturated heterocycles. The minimum atomic E-state index is -0.837. The van der Waals surface area contributed by atoms with E-state index in [1.54, 1.807) is 4.90 Å². The van der Waals surface area contributed by atoms with E-state index in [0.29, 0.717) is 32.6 Å². The van der Waals surface area contributed by atoms with Crippen LogP contribution in [-0.2, 0) is 14.3 Å². The molecular formula is C17H21NO4. The molecule has 1 unspecified atom stereocenters. The molecule has 0 aromatic heterocycles. The number of rotatable bonds is 4. The van der Waals surface area contributed by atoms with Crippen LogP contribution in [0.1, 0.15) is 37.3 Å². The van der Waals surface area contributed by atoms with Crippen molar-refractivity contribution in [3.8, 4) is 0 Å². The summed E-state index contributed by atoms with van der Waals surface area (Å²) in [6.45, 7) is 1.50. The number of amides is 1. The van der Waals surface area contributed by atoms with Gasteiger partial charge in [-0.25, -0.2) is 0 Å². The molecule has 3 rings (SSSR count). The average molecular weight is 303 g/mol. The van der Waals surface area contributed by atoms with Crippen molar-refractivity contribution in [1.82, 2.24) is 4.90 Å². The Morgan fingerprint density at radius 3 is 2.59 bits per heavy atom. The molecule has 1 aromatic rings. The zero-order chi connectivity index (χ0) is 15.6. The summed E-state index contributed by atoms with van der Waals surface area (Å²) in [6.07, 6.45) is 2.21. The van der Waals surface area contributed by atoms with Crippen molar-refractivity contribution in [3.63, 3.8) is 0 Å². The molecule has 5 heteroatoms. The first-order valence-electron chi connectivity index (χ1n) is 7.78. The van der Waals surface area contributed by atoms with Gasteiger partial charge in [-0.2, -0.15) is 0 Å². The minimum Gasteiger partial charge on any atom is -0.481 e. The van der Waals surface area contributed by atoms with Crippen molar-refractivity contribution in [2.75, 3.05) is 19.8 Å². The largest absolute Gasteiger partial charge is 0.481 e. The monoisotopic (exact) mass is 303 g/mol. The first-order valence-corrected chi connectivity index (χ1v) is 7.78. The van der Waals surface area contributed by atoms with Crippen molar-refractivity contribution < 1.29 is 19.4 Å². The minimum absolute atomic E-state index is 0.0701. The van der Waals surface area contributed by atoms with Crippen molar-refractivity contribution in [2.24, 2.45) is 5.41 Å². The number of morpholine rings is 1. The Morgan fingerprint density at radius 1 is 1.27 bits per heavy atom. The van der Waals surface area contributed by atoms with Gasteiger partial charge in [0.05, 0.1) is 24.7 Å². The summed E-state index contributed by atoms with van der Waals surface area (Å²) in [7, 11) is 0. The zero-order valence-electron chi connectivity index (χ0n) is 12.5. The van der Waals surface area contributed by atoms with E-state index in [4.69, 9.17) is 4.74 Å². The van der Waals surface area contributed by atoms with Gasteiger partial charge in [-0.15, -0.1) is 0 Å². The van der Waals surface area contributed by atoms with Crippen LogP contribution < -0.4 is 0 Å². The maximum absolute atomic E-state index is 12.7. The lowest BCUT2D eigenvalue weighted by atomic mass is 9.66. The smallest absolute Gasteiger partial charge is 0.310 e. The standard InChI is InChI=1S/C17H21NO4/c19-15(11-17(16(20)21)7-4-8-17)18-9-10-22-12-14(18)13-5-2-1-3-6-13/h1-3,5-6,14H,4,7-12H2,(H,20,21). The Hall–Kier alpha value is -1.88. The molecule has 0 spiro atoms. The maximum atomic E-state index is 12.7. The van der Waals surface area contributed by atoms with Gasteiger partial charge in [0.1, 0.15) is 0 Å². The van der Waals surface area contributed by atoms with E-state index in [1.807, 2.05) is 30.3 Å². The van der Waals surface area contributed by atoms with Gasteiger partial charge in [0.25, 0.3) is 0 Å². The molecule has 2 fully saturated rings. The highest BCUT2D eigenvalue weighted by molar-refractivity contribution is 5.86. The van der Waals surface area contributed by atoms with Crippen LogP contribution in [-0.4, -0.2) is 41.6 Å². The number of hydrogen-bond acceptors (Lipinski definition) is 3. The van der Waals surface area contributed by atoms with Gasteiger partial charge < -0.3 is 14.7 Å². The van der Waals surface area contributed by atoms with Crippen molar-refractivity contribution in [1.29, 1.82) is 0 Å². The zero-order valence-corrected chi connectivity index (χ0v) is 12.5.